The van der Waals surface area contributed by atoms with Gasteiger partial charge in [-0.2, -0.15) is 5.10 Å². The lowest BCUT2D eigenvalue weighted by Gasteiger charge is -2.41. The van der Waals surface area contributed by atoms with Crippen LogP contribution < -0.4 is 5.73 Å². The summed E-state index contributed by atoms with van der Waals surface area (Å²) in [7, 11) is 0. The Morgan fingerprint density at radius 3 is 2.39 bits per heavy atom. The summed E-state index contributed by atoms with van der Waals surface area (Å²) >= 11 is 6.05. The Balaban J connectivity index is 1.92. The van der Waals surface area contributed by atoms with Crippen molar-refractivity contribution in [2.24, 2.45) is 5.73 Å². The Bertz CT molecular complexity index is 535. The first-order chi connectivity index (χ1) is 8.75. The average Bonchev–Trinajstić information content (AvgIpc) is 2.76. The molecule has 3 nitrogen and oxygen atoms in total. The highest BCUT2D eigenvalue weighted by Gasteiger charge is 2.37. The Morgan fingerprint density at radius 1 is 1.22 bits per heavy atom. The molecule has 0 amide bonds. The molecule has 0 atom stereocenters. The van der Waals surface area contributed by atoms with Gasteiger partial charge in [0.05, 0.1) is 11.9 Å². The molecular formula is C14H16ClN3. The van der Waals surface area contributed by atoms with Crippen LogP contribution in [0.4, 0.5) is 0 Å². The monoisotopic (exact) mass is 261 g/mol. The number of nitrogens with zero attached hydrogens (tertiary/aromatic N) is 2. The molecule has 94 valence electrons. The zero-order chi connectivity index (χ0) is 12.6. The minimum Gasteiger partial charge on any atom is -0.330 e. The summed E-state index contributed by atoms with van der Waals surface area (Å²) in [5.74, 6) is 0. The molecule has 1 aromatic carbocycles. The molecule has 2 aromatic rings. The maximum atomic E-state index is 6.05. The highest BCUT2D eigenvalue weighted by molar-refractivity contribution is 6.29. The predicted octanol–water partition coefficient (Wildman–Crippen LogP) is 2.91. The van der Waals surface area contributed by atoms with E-state index in [1.807, 2.05) is 0 Å². The van der Waals surface area contributed by atoms with E-state index >= 15 is 0 Å². The third kappa shape index (κ3) is 1.74. The molecule has 0 aliphatic heterocycles. The van der Waals surface area contributed by atoms with E-state index in [2.05, 4.69) is 29.4 Å². The van der Waals surface area contributed by atoms with Crippen molar-refractivity contribution in [2.45, 2.75) is 24.7 Å². The molecule has 18 heavy (non-hydrogen) atoms. The molecule has 1 aromatic heterocycles. The summed E-state index contributed by atoms with van der Waals surface area (Å²) in [5.41, 5.74) is 8.46. The molecular weight excluding hydrogens is 246 g/mol. The molecule has 1 heterocycles. The number of aromatic nitrogens is 2. The molecule has 1 saturated carbocycles. The van der Waals surface area contributed by atoms with Crippen LogP contribution in [0, 0.1) is 0 Å². The van der Waals surface area contributed by atoms with Crippen LogP contribution in [0.5, 0.6) is 0 Å². The summed E-state index contributed by atoms with van der Waals surface area (Å²) < 4.78 is 1.72. The first-order valence-corrected chi connectivity index (χ1v) is 6.63. The van der Waals surface area contributed by atoms with Crippen LogP contribution in [0.25, 0.3) is 5.69 Å². The van der Waals surface area contributed by atoms with Gasteiger partial charge in [-0.05, 0) is 36.6 Å². The van der Waals surface area contributed by atoms with Crippen LogP contribution in [0.15, 0.2) is 36.5 Å². The van der Waals surface area contributed by atoms with Gasteiger partial charge in [0.25, 0.3) is 0 Å². The van der Waals surface area contributed by atoms with Crippen molar-refractivity contribution < 1.29 is 0 Å². The van der Waals surface area contributed by atoms with Gasteiger partial charge in [-0.15, -0.1) is 0 Å². The minimum absolute atomic E-state index is 0.215. The summed E-state index contributed by atoms with van der Waals surface area (Å²) in [6, 6.07) is 10.2. The van der Waals surface area contributed by atoms with E-state index in [0.717, 1.165) is 12.2 Å². The minimum atomic E-state index is 0.215. The molecule has 0 radical (unpaired) electrons. The second kappa shape index (κ2) is 4.41. The number of halogens is 1. The van der Waals surface area contributed by atoms with Crippen molar-refractivity contribution in [1.82, 2.24) is 9.78 Å². The van der Waals surface area contributed by atoms with Gasteiger partial charge in [0, 0.05) is 12.0 Å². The maximum absolute atomic E-state index is 6.05. The maximum Gasteiger partial charge on any atom is 0.132 e. The Labute approximate surface area is 112 Å². The van der Waals surface area contributed by atoms with Crippen molar-refractivity contribution in [2.75, 3.05) is 6.54 Å². The van der Waals surface area contributed by atoms with Gasteiger partial charge in [0.1, 0.15) is 5.15 Å². The highest BCUT2D eigenvalue weighted by Crippen LogP contribution is 2.42. The normalized spacial score (nSPS) is 17.4. The smallest absolute Gasteiger partial charge is 0.132 e. The lowest BCUT2D eigenvalue weighted by Crippen LogP contribution is -2.41. The fourth-order valence-corrected chi connectivity index (χ4v) is 2.85. The first-order valence-electron chi connectivity index (χ1n) is 6.26. The Hall–Kier alpha value is -1.32. The molecule has 2 N–H and O–H groups in total. The molecule has 1 aliphatic rings. The number of nitrogens with two attached hydrogens (primary N) is 1. The van der Waals surface area contributed by atoms with Crippen molar-refractivity contribution >= 4 is 11.6 Å². The second-order valence-electron chi connectivity index (χ2n) is 4.95. The second-order valence-corrected chi connectivity index (χ2v) is 5.34. The summed E-state index contributed by atoms with van der Waals surface area (Å²) in [6.07, 6.45) is 5.38. The van der Waals surface area contributed by atoms with Gasteiger partial charge in [-0.25, -0.2) is 4.68 Å². The quantitative estimate of drug-likeness (QED) is 0.923. The van der Waals surface area contributed by atoms with E-state index in [-0.39, 0.29) is 5.41 Å². The van der Waals surface area contributed by atoms with Crippen LogP contribution in [-0.2, 0) is 5.41 Å². The van der Waals surface area contributed by atoms with Crippen molar-refractivity contribution in [1.29, 1.82) is 0 Å². The third-order valence-corrected chi connectivity index (χ3v) is 4.31. The SMILES string of the molecule is NCC1(c2ccc(-n3nccc3Cl)cc2)CCC1. The van der Waals surface area contributed by atoms with Crippen LogP contribution in [0.1, 0.15) is 24.8 Å². The average molecular weight is 262 g/mol. The zero-order valence-corrected chi connectivity index (χ0v) is 10.9. The van der Waals surface area contributed by atoms with Crippen molar-refractivity contribution in [3.8, 4) is 5.69 Å². The van der Waals surface area contributed by atoms with Gasteiger partial charge < -0.3 is 5.73 Å². The Kier molecular flexibility index (Phi) is 2.88. The fraction of sp³-hybridized carbons (Fsp3) is 0.357. The largest absolute Gasteiger partial charge is 0.330 e. The predicted molar refractivity (Wildman–Crippen MR) is 73.2 cm³/mol. The number of hydrogen-bond donors (Lipinski definition) is 1. The van der Waals surface area contributed by atoms with Crippen molar-refractivity contribution in [3.05, 3.63) is 47.2 Å². The van der Waals surface area contributed by atoms with Gasteiger partial charge in [-0.1, -0.05) is 30.2 Å². The van der Waals surface area contributed by atoms with Crippen LogP contribution in [0.3, 0.4) is 0 Å². The zero-order valence-electron chi connectivity index (χ0n) is 10.1. The number of rotatable bonds is 3. The lowest BCUT2D eigenvalue weighted by atomic mass is 9.64. The third-order valence-electron chi connectivity index (χ3n) is 4.02. The number of benzene rings is 1. The van der Waals surface area contributed by atoms with E-state index in [1.54, 1.807) is 16.9 Å². The van der Waals surface area contributed by atoms with Crippen LogP contribution in [0.2, 0.25) is 5.15 Å². The van der Waals surface area contributed by atoms with Gasteiger partial charge in [0.15, 0.2) is 0 Å². The summed E-state index contributed by atoms with van der Waals surface area (Å²) in [4.78, 5) is 0. The Morgan fingerprint density at radius 2 is 1.94 bits per heavy atom. The van der Waals surface area contributed by atoms with E-state index < -0.39 is 0 Å². The van der Waals surface area contributed by atoms with Gasteiger partial charge >= 0.3 is 0 Å². The van der Waals surface area contributed by atoms with Crippen molar-refractivity contribution in [3.63, 3.8) is 0 Å². The van der Waals surface area contributed by atoms with E-state index in [1.165, 1.54) is 24.8 Å². The molecule has 0 bridgehead atoms. The van der Waals surface area contributed by atoms with Crippen LogP contribution in [-0.4, -0.2) is 16.3 Å². The summed E-state index contributed by atoms with van der Waals surface area (Å²) in [6.45, 7) is 0.731. The van der Waals surface area contributed by atoms with Gasteiger partial charge in [0.2, 0.25) is 0 Å². The molecule has 0 spiro atoms. The van der Waals surface area contributed by atoms with E-state index in [4.69, 9.17) is 17.3 Å². The van der Waals surface area contributed by atoms with Crippen LogP contribution >= 0.6 is 11.6 Å². The molecule has 0 unspecified atom stereocenters. The molecule has 3 rings (SSSR count). The molecule has 1 fully saturated rings. The molecule has 1 aliphatic carbocycles. The molecule has 0 saturated heterocycles. The fourth-order valence-electron chi connectivity index (χ4n) is 2.65. The summed E-state index contributed by atoms with van der Waals surface area (Å²) in [5, 5.41) is 4.82. The lowest BCUT2D eigenvalue weighted by molar-refractivity contribution is 0.253. The number of hydrogen-bond acceptors (Lipinski definition) is 2. The van der Waals surface area contributed by atoms with E-state index in [9.17, 15) is 0 Å². The van der Waals surface area contributed by atoms with E-state index in [0.29, 0.717) is 5.15 Å². The van der Waals surface area contributed by atoms with Gasteiger partial charge in [-0.3, -0.25) is 0 Å². The standard InChI is InChI=1S/C14H16ClN3/c15-13-6-9-17-18(13)12-4-2-11(3-5-12)14(10-16)7-1-8-14/h2-6,9H,1,7-8,10,16H2. The molecule has 4 heteroatoms. The first kappa shape index (κ1) is 11.8. The highest BCUT2D eigenvalue weighted by atomic mass is 35.5. The topological polar surface area (TPSA) is 43.8 Å².